The molecule has 2 rings (SSSR count). The Morgan fingerprint density at radius 1 is 1.36 bits per heavy atom. The van der Waals surface area contributed by atoms with Crippen molar-refractivity contribution < 1.29 is 9.13 Å². The van der Waals surface area contributed by atoms with E-state index < -0.39 is 0 Å². The van der Waals surface area contributed by atoms with Crippen LogP contribution < -0.4 is 15.4 Å². The molecule has 0 aliphatic heterocycles. The second-order valence-electron chi connectivity index (χ2n) is 5.48. The average molecular weight is 478 g/mol. The van der Waals surface area contributed by atoms with Crippen LogP contribution in [0.4, 0.5) is 4.39 Å². The van der Waals surface area contributed by atoms with Crippen LogP contribution in [-0.2, 0) is 6.54 Å². The summed E-state index contributed by atoms with van der Waals surface area (Å²) in [5.74, 6) is 1.33. The van der Waals surface area contributed by atoms with Gasteiger partial charge in [-0.2, -0.15) is 0 Å². The Morgan fingerprint density at radius 2 is 2.16 bits per heavy atom. The molecule has 5 nitrogen and oxygen atoms in total. The van der Waals surface area contributed by atoms with Crippen molar-refractivity contribution in [3.63, 3.8) is 0 Å². The van der Waals surface area contributed by atoms with Crippen molar-refractivity contribution in [2.24, 2.45) is 4.99 Å². The summed E-state index contributed by atoms with van der Waals surface area (Å²) >= 11 is 1.64. The monoisotopic (exact) mass is 478 g/mol. The third-order valence-electron chi connectivity index (χ3n) is 3.25. The van der Waals surface area contributed by atoms with Gasteiger partial charge in [0.05, 0.1) is 18.8 Å². The summed E-state index contributed by atoms with van der Waals surface area (Å²) in [6, 6.07) is 6.10. The molecule has 8 heteroatoms. The minimum Gasteiger partial charge on any atom is -0.492 e. The SMILES string of the molecule is CN=C(NCCOc1cccc(F)c1)NCc1nc(C(C)C)cs1.I. The molecule has 0 fully saturated rings. The summed E-state index contributed by atoms with van der Waals surface area (Å²) in [5, 5.41) is 9.48. The molecule has 0 saturated carbocycles. The molecule has 1 aromatic carbocycles. The largest absolute Gasteiger partial charge is 0.492 e. The van der Waals surface area contributed by atoms with E-state index in [2.05, 4.69) is 39.8 Å². The van der Waals surface area contributed by atoms with Crippen LogP contribution in [0.15, 0.2) is 34.6 Å². The number of aromatic nitrogens is 1. The molecule has 1 aromatic heterocycles. The minimum atomic E-state index is -0.304. The van der Waals surface area contributed by atoms with Gasteiger partial charge in [-0.15, -0.1) is 35.3 Å². The number of guanidine groups is 1. The van der Waals surface area contributed by atoms with Crippen molar-refractivity contribution in [1.29, 1.82) is 0 Å². The lowest BCUT2D eigenvalue weighted by Gasteiger charge is -2.11. The summed E-state index contributed by atoms with van der Waals surface area (Å²) in [7, 11) is 1.71. The first kappa shape index (κ1) is 21.6. The fourth-order valence-corrected chi connectivity index (χ4v) is 2.84. The first-order valence-electron chi connectivity index (χ1n) is 7.85. The standard InChI is InChI=1S/C17H23FN4OS.HI/c1-12(2)15-11-24-16(22-15)10-21-17(19-3)20-7-8-23-14-6-4-5-13(18)9-14;/h4-6,9,11-12H,7-8,10H2,1-3H3,(H2,19,20,21);1H. The van der Waals surface area contributed by atoms with E-state index in [1.54, 1.807) is 30.5 Å². The molecule has 0 saturated heterocycles. The molecule has 0 aliphatic rings. The highest BCUT2D eigenvalue weighted by atomic mass is 127. The van der Waals surface area contributed by atoms with Crippen LogP contribution in [0, 0.1) is 5.82 Å². The smallest absolute Gasteiger partial charge is 0.191 e. The van der Waals surface area contributed by atoms with Gasteiger partial charge in [-0.25, -0.2) is 9.37 Å². The summed E-state index contributed by atoms with van der Waals surface area (Å²) in [5.41, 5.74) is 1.11. The van der Waals surface area contributed by atoms with Gasteiger partial charge in [0.1, 0.15) is 23.2 Å². The number of hydrogen-bond acceptors (Lipinski definition) is 4. The van der Waals surface area contributed by atoms with E-state index in [9.17, 15) is 4.39 Å². The van der Waals surface area contributed by atoms with Gasteiger partial charge in [0, 0.05) is 18.5 Å². The van der Waals surface area contributed by atoms with E-state index in [1.807, 2.05) is 0 Å². The molecule has 25 heavy (non-hydrogen) atoms. The number of halogens is 2. The number of ether oxygens (including phenoxy) is 1. The third-order valence-corrected chi connectivity index (χ3v) is 4.12. The number of nitrogens with zero attached hydrogens (tertiary/aromatic N) is 2. The van der Waals surface area contributed by atoms with Crippen LogP contribution in [0.3, 0.4) is 0 Å². The molecule has 138 valence electrons. The highest BCUT2D eigenvalue weighted by molar-refractivity contribution is 14.0. The third kappa shape index (κ3) is 7.55. The molecule has 0 spiro atoms. The molecular weight excluding hydrogens is 454 g/mol. The highest BCUT2D eigenvalue weighted by Gasteiger charge is 2.06. The summed E-state index contributed by atoms with van der Waals surface area (Å²) in [6.45, 7) is 5.86. The van der Waals surface area contributed by atoms with Gasteiger partial charge in [-0.1, -0.05) is 19.9 Å². The van der Waals surface area contributed by atoms with Crippen molar-refractivity contribution in [1.82, 2.24) is 15.6 Å². The quantitative estimate of drug-likeness (QED) is 0.276. The molecular formula is C17H24FIN4OS. The Bertz CT molecular complexity index is 678. The van der Waals surface area contributed by atoms with Crippen molar-refractivity contribution in [3.05, 3.63) is 46.2 Å². The maximum absolute atomic E-state index is 13.0. The molecule has 1 heterocycles. The molecule has 0 atom stereocenters. The van der Waals surface area contributed by atoms with E-state index in [0.29, 0.717) is 37.3 Å². The van der Waals surface area contributed by atoms with Crippen molar-refractivity contribution in [3.8, 4) is 5.75 Å². The number of benzene rings is 1. The Morgan fingerprint density at radius 3 is 2.80 bits per heavy atom. The Balaban J connectivity index is 0.00000312. The minimum absolute atomic E-state index is 0. The van der Waals surface area contributed by atoms with E-state index >= 15 is 0 Å². The predicted octanol–water partition coefficient (Wildman–Crippen LogP) is 3.77. The van der Waals surface area contributed by atoms with E-state index in [-0.39, 0.29) is 29.8 Å². The zero-order valence-corrected chi connectivity index (χ0v) is 17.7. The summed E-state index contributed by atoms with van der Waals surface area (Å²) in [6.07, 6.45) is 0. The van der Waals surface area contributed by atoms with Crippen LogP contribution >= 0.6 is 35.3 Å². The van der Waals surface area contributed by atoms with Crippen LogP contribution in [-0.4, -0.2) is 31.1 Å². The van der Waals surface area contributed by atoms with Gasteiger partial charge >= 0.3 is 0 Å². The fraction of sp³-hybridized carbons (Fsp3) is 0.412. The predicted molar refractivity (Wildman–Crippen MR) is 112 cm³/mol. The average Bonchev–Trinajstić information content (AvgIpc) is 3.03. The zero-order valence-electron chi connectivity index (χ0n) is 14.6. The molecule has 0 bridgehead atoms. The highest BCUT2D eigenvalue weighted by Crippen LogP contribution is 2.17. The van der Waals surface area contributed by atoms with Gasteiger partial charge in [-0.3, -0.25) is 4.99 Å². The number of rotatable bonds is 7. The van der Waals surface area contributed by atoms with Gasteiger partial charge < -0.3 is 15.4 Å². The number of nitrogens with one attached hydrogen (secondary N) is 2. The Hall–Kier alpha value is -1.42. The number of aliphatic imine (C=N–C) groups is 1. The first-order valence-corrected chi connectivity index (χ1v) is 8.73. The maximum Gasteiger partial charge on any atom is 0.191 e. The zero-order chi connectivity index (χ0) is 17.4. The topological polar surface area (TPSA) is 58.5 Å². The molecule has 2 N–H and O–H groups in total. The van der Waals surface area contributed by atoms with Gasteiger partial charge in [0.2, 0.25) is 0 Å². The number of hydrogen-bond donors (Lipinski definition) is 2. The lowest BCUT2D eigenvalue weighted by atomic mass is 10.2. The van der Waals surface area contributed by atoms with Crippen molar-refractivity contribution >= 4 is 41.3 Å². The molecule has 0 aliphatic carbocycles. The van der Waals surface area contributed by atoms with Gasteiger partial charge in [-0.05, 0) is 18.1 Å². The van der Waals surface area contributed by atoms with E-state index in [0.717, 1.165) is 10.7 Å². The van der Waals surface area contributed by atoms with E-state index in [4.69, 9.17) is 4.74 Å². The maximum atomic E-state index is 13.0. The van der Waals surface area contributed by atoms with Crippen LogP contribution in [0.25, 0.3) is 0 Å². The van der Waals surface area contributed by atoms with Crippen molar-refractivity contribution in [2.45, 2.75) is 26.3 Å². The van der Waals surface area contributed by atoms with Gasteiger partial charge in [0.25, 0.3) is 0 Å². The lowest BCUT2D eigenvalue weighted by Crippen LogP contribution is -2.38. The van der Waals surface area contributed by atoms with Gasteiger partial charge in [0.15, 0.2) is 5.96 Å². The van der Waals surface area contributed by atoms with Crippen molar-refractivity contribution in [2.75, 3.05) is 20.2 Å². The Labute approximate surface area is 169 Å². The normalized spacial score (nSPS) is 11.2. The lowest BCUT2D eigenvalue weighted by molar-refractivity contribution is 0.320. The molecule has 0 radical (unpaired) electrons. The fourth-order valence-electron chi connectivity index (χ4n) is 1.95. The second kappa shape index (κ2) is 11.2. The van der Waals surface area contributed by atoms with Crippen LogP contribution in [0.2, 0.25) is 0 Å². The molecule has 0 amide bonds. The number of thiazole rings is 1. The summed E-state index contributed by atoms with van der Waals surface area (Å²) in [4.78, 5) is 8.73. The first-order chi connectivity index (χ1) is 11.6. The Kier molecular flexibility index (Phi) is 9.73. The van der Waals surface area contributed by atoms with Crippen LogP contribution in [0.5, 0.6) is 5.75 Å². The second-order valence-corrected chi connectivity index (χ2v) is 6.42. The van der Waals surface area contributed by atoms with E-state index in [1.165, 1.54) is 12.1 Å². The molecule has 0 unspecified atom stereocenters. The summed E-state index contributed by atoms with van der Waals surface area (Å²) < 4.78 is 18.5. The molecule has 2 aromatic rings. The van der Waals surface area contributed by atoms with Crippen LogP contribution in [0.1, 0.15) is 30.5 Å².